The zero-order valence-electron chi connectivity index (χ0n) is 14.9. The van der Waals surface area contributed by atoms with Gasteiger partial charge in [0.2, 0.25) is 17.6 Å². The van der Waals surface area contributed by atoms with Crippen LogP contribution in [0.2, 0.25) is 0 Å². The lowest BCUT2D eigenvalue weighted by Gasteiger charge is -2.16. The summed E-state index contributed by atoms with van der Waals surface area (Å²) >= 11 is 0. The topological polar surface area (TPSA) is 92.6 Å². The van der Waals surface area contributed by atoms with Gasteiger partial charge in [0, 0.05) is 25.6 Å². The lowest BCUT2D eigenvalue weighted by Crippen LogP contribution is -2.32. The highest BCUT2D eigenvalue weighted by Gasteiger charge is 2.35. The molecule has 1 aliphatic heterocycles. The van der Waals surface area contributed by atoms with E-state index in [2.05, 4.69) is 5.32 Å². The van der Waals surface area contributed by atoms with Crippen LogP contribution in [0.3, 0.4) is 0 Å². The van der Waals surface area contributed by atoms with Crippen molar-refractivity contribution in [1.82, 2.24) is 5.32 Å². The van der Waals surface area contributed by atoms with Crippen LogP contribution in [0.4, 0.5) is 20.2 Å². The average Bonchev–Trinajstić information content (AvgIpc) is 3.04. The van der Waals surface area contributed by atoms with Crippen molar-refractivity contribution >= 4 is 23.2 Å². The Labute approximate surface area is 159 Å². The van der Waals surface area contributed by atoms with Crippen LogP contribution in [0.5, 0.6) is 0 Å². The second kappa shape index (κ2) is 7.71. The summed E-state index contributed by atoms with van der Waals surface area (Å²) in [7, 11) is 0. The highest BCUT2D eigenvalue weighted by molar-refractivity contribution is 6.00. The highest BCUT2D eigenvalue weighted by atomic mass is 19.1. The van der Waals surface area contributed by atoms with Gasteiger partial charge in [0.1, 0.15) is 5.82 Å². The van der Waals surface area contributed by atoms with Crippen LogP contribution in [0.1, 0.15) is 17.5 Å². The third-order valence-electron chi connectivity index (χ3n) is 4.64. The summed E-state index contributed by atoms with van der Waals surface area (Å²) in [5.74, 6) is -2.80. The van der Waals surface area contributed by atoms with Gasteiger partial charge >= 0.3 is 5.69 Å². The molecule has 1 atom stereocenters. The Morgan fingerprint density at radius 3 is 2.68 bits per heavy atom. The maximum atomic E-state index is 13.6. The Morgan fingerprint density at radius 1 is 1.25 bits per heavy atom. The van der Waals surface area contributed by atoms with Gasteiger partial charge in [-0.15, -0.1) is 0 Å². The van der Waals surface area contributed by atoms with Crippen molar-refractivity contribution in [2.24, 2.45) is 5.92 Å². The lowest BCUT2D eigenvalue weighted by molar-refractivity contribution is -0.387. The van der Waals surface area contributed by atoms with E-state index in [4.69, 9.17) is 0 Å². The van der Waals surface area contributed by atoms with E-state index in [0.29, 0.717) is 11.1 Å². The monoisotopic (exact) mass is 389 g/mol. The van der Waals surface area contributed by atoms with Crippen molar-refractivity contribution < 1.29 is 23.3 Å². The number of nitrogens with one attached hydrogen (secondary N) is 1. The van der Waals surface area contributed by atoms with Crippen LogP contribution < -0.4 is 10.2 Å². The minimum absolute atomic E-state index is 0.0235. The number of halogens is 2. The summed E-state index contributed by atoms with van der Waals surface area (Å²) < 4.78 is 27.1. The fourth-order valence-corrected chi connectivity index (χ4v) is 3.02. The van der Waals surface area contributed by atoms with Crippen LogP contribution >= 0.6 is 0 Å². The molecule has 0 bridgehead atoms. The number of benzene rings is 2. The largest absolute Gasteiger partial charge is 0.352 e. The van der Waals surface area contributed by atoms with Crippen molar-refractivity contribution in [3.63, 3.8) is 0 Å². The Kier molecular flexibility index (Phi) is 5.34. The minimum Gasteiger partial charge on any atom is -0.352 e. The number of hydrogen-bond acceptors (Lipinski definition) is 4. The van der Waals surface area contributed by atoms with E-state index in [1.807, 2.05) is 0 Å². The standard InChI is InChI=1S/C19H17F2N3O4/c1-11-2-3-12(6-16(11)21)9-22-19(26)13-7-18(25)23(10-13)14-4-5-15(20)17(8-14)24(27)28/h2-6,8,13H,7,9-10H2,1H3,(H,22,26). The zero-order chi connectivity index (χ0) is 20.4. The van der Waals surface area contributed by atoms with Crippen molar-refractivity contribution in [2.75, 3.05) is 11.4 Å². The Morgan fingerprint density at radius 2 is 2.00 bits per heavy atom. The van der Waals surface area contributed by atoms with Gasteiger partial charge in [-0.3, -0.25) is 19.7 Å². The smallest absolute Gasteiger partial charge is 0.306 e. The number of nitro groups is 1. The van der Waals surface area contributed by atoms with Crippen molar-refractivity contribution in [3.05, 3.63) is 69.3 Å². The maximum absolute atomic E-state index is 13.6. The second-order valence-corrected chi connectivity index (χ2v) is 6.60. The Hall–Kier alpha value is -3.36. The Balaban J connectivity index is 1.66. The summed E-state index contributed by atoms with van der Waals surface area (Å²) in [6.45, 7) is 1.77. The number of nitrogens with zero attached hydrogens (tertiary/aromatic N) is 2. The molecule has 1 aliphatic rings. The highest BCUT2D eigenvalue weighted by Crippen LogP contribution is 2.29. The molecule has 146 valence electrons. The minimum atomic E-state index is -1.000. The molecule has 7 nitrogen and oxygen atoms in total. The van der Waals surface area contributed by atoms with Gasteiger partial charge in [0.25, 0.3) is 0 Å². The molecule has 1 fully saturated rings. The maximum Gasteiger partial charge on any atom is 0.306 e. The number of rotatable bonds is 5. The molecule has 1 N–H and O–H groups in total. The van der Waals surface area contributed by atoms with Crippen molar-refractivity contribution in [3.8, 4) is 0 Å². The van der Waals surface area contributed by atoms with Gasteiger partial charge in [-0.2, -0.15) is 4.39 Å². The van der Waals surface area contributed by atoms with E-state index in [1.54, 1.807) is 19.1 Å². The number of carbonyl (C=O) groups excluding carboxylic acids is 2. The van der Waals surface area contributed by atoms with Crippen LogP contribution in [-0.4, -0.2) is 23.3 Å². The van der Waals surface area contributed by atoms with E-state index in [1.165, 1.54) is 17.0 Å². The molecule has 2 amide bonds. The average molecular weight is 389 g/mol. The summed E-state index contributed by atoms with van der Waals surface area (Å²) in [5.41, 5.74) is 0.515. The summed E-state index contributed by atoms with van der Waals surface area (Å²) in [6, 6.07) is 7.79. The fraction of sp³-hybridized carbons (Fsp3) is 0.263. The molecule has 0 aliphatic carbocycles. The molecule has 0 spiro atoms. The van der Waals surface area contributed by atoms with E-state index in [0.717, 1.165) is 12.1 Å². The molecule has 3 rings (SSSR count). The molecule has 0 radical (unpaired) electrons. The number of anilines is 1. The molecule has 1 unspecified atom stereocenters. The number of hydrogen-bond donors (Lipinski definition) is 1. The van der Waals surface area contributed by atoms with Crippen LogP contribution in [0.25, 0.3) is 0 Å². The zero-order valence-corrected chi connectivity index (χ0v) is 14.9. The molecule has 2 aromatic carbocycles. The molecule has 0 saturated carbocycles. The normalized spacial score (nSPS) is 16.3. The van der Waals surface area contributed by atoms with E-state index in [-0.39, 0.29) is 42.8 Å². The van der Waals surface area contributed by atoms with Crippen molar-refractivity contribution in [2.45, 2.75) is 19.9 Å². The molecule has 0 aromatic heterocycles. The van der Waals surface area contributed by atoms with Gasteiger partial charge < -0.3 is 10.2 Å². The molecule has 2 aromatic rings. The number of aryl methyl sites for hydroxylation is 1. The van der Waals surface area contributed by atoms with Gasteiger partial charge in [0.15, 0.2) is 0 Å². The van der Waals surface area contributed by atoms with Crippen LogP contribution in [0, 0.1) is 34.6 Å². The first-order chi connectivity index (χ1) is 13.3. The number of carbonyl (C=O) groups is 2. The SMILES string of the molecule is Cc1ccc(CNC(=O)C2CC(=O)N(c3ccc(F)c([N+](=O)[O-])c3)C2)cc1F. The lowest BCUT2D eigenvalue weighted by atomic mass is 10.1. The van der Waals surface area contributed by atoms with Gasteiger partial charge in [-0.05, 0) is 36.2 Å². The third kappa shape index (κ3) is 3.98. The Bertz CT molecular complexity index is 964. The second-order valence-electron chi connectivity index (χ2n) is 6.60. The first-order valence-electron chi connectivity index (χ1n) is 8.53. The van der Waals surface area contributed by atoms with E-state index >= 15 is 0 Å². The fourth-order valence-electron chi connectivity index (χ4n) is 3.02. The van der Waals surface area contributed by atoms with Gasteiger partial charge in [0.05, 0.1) is 16.5 Å². The predicted molar refractivity (Wildman–Crippen MR) is 96.5 cm³/mol. The molecular weight excluding hydrogens is 372 g/mol. The first-order valence-corrected chi connectivity index (χ1v) is 8.53. The molecule has 9 heteroatoms. The molecule has 1 heterocycles. The quantitative estimate of drug-likeness (QED) is 0.629. The molecule has 1 saturated heterocycles. The third-order valence-corrected chi connectivity index (χ3v) is 4.64. The summed E-state index contributed by atoms with van der Waals surface area (Å²) in [4.78, 5) is 35.8. The van der Waals surface area contributed by atoms with E-state index < -0.39 is 22.3 Å². The van der Waals surface area contributed by atoms with Crippen LogP contribution in [-0.2, 0) is 16.1 Å². The van der Waals surface area contributed by atoms with Crippen molar-refractivity contribution in [1.29, 1.82) is 0 Å². The van der Waals surface area contributed by atoms with Gasteiger partial charge in [-0.1, -0.05) is 12.1 Å². The van der Waals surface area contributed by atoms with E-state index in [9.17, 15) is 28.5 Å². The summed E-state index contributed by atoms with van der Waals surface area (Å²) in [5, 5.41) is 13.5. The number of amides is 2. The van der Waals surface area contributed by atoms with Gasteiger partial charge in [-0.25, -0.2) is 4.39 Å². The molecular formula is C19H17F2N3O4. The predicted octanol–water partition coefficient (Wildman–Crippen LogP) is 2.85. The first kappa shape index (κ1) is 19.4. The summed E-state index contributed by atoms with van der Waals surface area (Å²) in [6.07, 6.45) is -0.0702. The van der Waals surface area contributed by atoms with Crippen LogP contribution in [0.15, 0.2) is 36.4 Å². The number of nitro benzene ring substituents is 1. The molecule has 28 heavy (non-hydrogen) atoms.